The molecule has 2 aromatic rings. The Morgan fingerprint density at radius 2 is 1.71 bits per heavy atom. The Hall–Kier alpha value is -2.56. The molecule has 0 amide bonds. The summed E-state index contributed by atoms with van der Waals surface area (Å²) in [5.74, 6) is 0. The van der Waals surface area contributed by atoms with Crippen molar-refractivity contribution in [3.05, 3.63) is 72.2 Å². The fourth-order valence-corrected chi connectivity index (χ4v) is 4.66. The van der Waals surface area contributed by atoms with E-state index in [1.165, 1.54) is 18.2 Å². The zero-order valence-corrected chi connectivity index (χ0v) is 18.7. The van der Waals surface area contributed by atoms with E-state index in [0.29, 0.717) is 5.02 Å². The smallest absolute Gasteiger partial charge is 0.304 e. The molecule has 0 saturated carbocycles. The highest BCUT2D eigenvalue weighted by molar-refractivity contribution is 7.73. The molecule has 0 aliphatic carbocycles. The van der Waals surface area contributed by atoms with Gasteiger partial charge in [-0.05, 0) is 38.1 Å². The number of rotatable bonds is 10. The molecule has 0 heterocycles. The van der Waals surface area contributed by atoms with Gasteiger partial charge in [0.2, 0.25) is 0 Å². The summed E-state index contributed by atoms with van der Waals surface area (Å²) in [6.07, 6.45) is 0. The second-order valence-electron chi connectivity index (χ2n) is 5.72. The SMILES string of the molecule is CCOP(=O)(OCC)/C(=N\Nc1ccc([N+](=O)[O-])cc1[N+](=O)[O-])c1ccc(Cl)cc1Cl. The van der Waals surface area contributed by atoms with E-state index in [0.717, 1.165) is 18.2 Å². The first-order valence-electron chi connectivity index (χ1n) is 8.74. The maximum Gasteiger partial charge on any atom is 0.382 e. The summed E-state index contributed by atoms with van der Waals surface area (Å²) in [6.45, 7) is 3.22. The van der Waals surface area contributed by atoms with Crippen LogP contribution in [-0.2, 0) is 13.6 Å². The molecule has 0 aliphatic rings. The first kappa shape index (κ1) is 24.7. The molecule has 14 heteroatoms. The number of nitro groups is 2. The van der Waals surface area contributed by atoms with Crippen LogP contribution in [0.25, 0.3) is 0 Å². The van der Waals surface area contributed by atoms with Crippen molar-refractivity contribution in [3.63, 3.8) is 0 Å². The van der Waals surface area contributed by atoms with Gasteiger partial charge in [0.15, 0.2) is 5.45 Å². The van der Waals surface area contributed by atoms with E-state index in [4.69, 9.17) is 32.2 Å². The Bertz CT molecular complexity index is 1070. The molecule has 0 aliphatic heterocycles. The van der Waals surface area contributed by atoms with Crippen LogP contribution in [0.15, 0.2) is 41.5 Å². The fraction of sp³-hybridized carbons (Fsp3) is 0.235. The third kappa shape index (κ3) is 5.99. The Balaban J connectivity index is 2.63. The van der Waals surface area contributed by atoms with Crippen molar-refractivity contribution >= 4 is 53.3 Å². The first-order chi connectivity index (χ1) is 14.6. The first-order valence-corrected chi connectivity index (χ1v) is 11.0. The number of anilines is 1. The van der Waals surface area contributed by atoms with Crippen molar-refractivity contribution < 1.29 is 23.5 Å². The number of halogens is 2. The fourth-order valence-electron chi connectivity index (χ4n) is 2.43. The van der Waals surface area contributed by atoms with Gasteiger partial charge in [-0.15, -0.1) is 0 Å². The third-order valence-electron chi connectivity index (χ3n) is 3.70. The summed E-state index contributed by atoms with van der Waals surface area (Å²) in [5, 5.41) is 26.7. The predicted molar refractivity (Wildman–Crippen MR) is 117 cm³/mol. The van der Waals surface area contributed by atoms with E-state index in [-0.39, 0.29) is 34.9 Å². The highest BCUT2D eigenvalue weighted by Crippen LogP contribution is 2.52. The normalized spacial score (nSPS) is 11.9. The summed E-state index contributed by atoms with van der Waals surface area (Å²) in [7, 11) is -4.01. The lowest BCUT2D eigenvalue weighted by Crippen LogP contribution is -2.12. The summed E-state index contributed by atoms with van der Waals surface area (Å²) < 4.78 is 24.1. The van der Waals surface area contributed by atoms with Crippen molar-refractivity contribution in [2.45, 2.75) is 13.8 Å². The van der Waals surface area contributed by atoms with Crippen LogP contribution < -0.4 is 5.43 Å². The Kier molecular flexibility index (Phi) is 8.49. The predicted octanol–water partition coefficient (Wildman–Crippen LogP) is 5.85. The minimum atomic E-state index is -4.01. The molecule has 0 fully saturated rings. The number of hydrogen-bond acceptors (Lipinski definition) is 9. The topological polar surface area (TPSA) is 146 Å². The third-order valence-corrected chi connectivity index (χ3v) is 6.30. The van der Waals surface area contributed by atoms with Crippen molar-refractivity contribution in [1.29, 1.82) is 0 Å². The van der Waals surface area contributed by atoms with Crippen LogP contribution in [0.1, 0.15) is 19.4 Å². The quantitative estimate of drug-likeness (QED) is 0.188. The van der Waals surface area contributed by atoms with Gasteiger partial charge in [-0.25, -0.2) is 0 Å². The molecule has 0 radical (unpaired) electrons. The zero-order chi connectivity index (χ0) is 23.2. The number of nitro benzene ring substituents is 2. The van der Waals surface area contributed by atoms with Gasteiger partial charge in [-0.2, -0.15) is 5.10 Å². The van der Waals surface area contributed by atoms with E-state index in [9.17, 15) is 24.8 Å². The lowest BCUT2D eigenvalue weighted by Gasteiger charge is -2.20. The summed E-state index contributed by atoms with van der Waals surface area (Å²) in [4.78, 5) is 20.7. The lowest BCUT2D eigenvalue weighted by atomic mass is 10.2. The molecule has 31 heavy (non-hydrogen) atoms. The molecule has 0 spiro atoms. The van der Waals surface area contributed by atoms with Gasteiger partial charge in [0.05, 0.1) is 34.1 Å². The van der Waals surface area contributed by atoms with E-state index < -0.39 is 28.8 Å². The Labute approximate surface area is 186 Å². The molecule has 1 N–H and O–H groups in total. The number of hydrogen-bond donors (Lipinski definition) is 1. The van der Waals surface area contributed by atoms with Crippen molar-refractivity contribution in [1.82, 2.24) is 0 Å². The molecule has 2 aromatic carbocycles. The van der Waals surface area contributed by atoms with Gasteiger partial charge in [0.25, 0.3) is 5.69 Å². The molecule has 0 atom stereocenters. The van der Waals surface area contributed by atoms with E-state index in [2.05, 4.69) is 10.5 Å². The largest absolute Gasteiger partial charge is 0.382 e. The number of nitrogens with zero attached hydrogens (tertiary/aromatic N) is 3. The Morgan fingerprint density at radius 3 is 2.23 bits per heavy atom. The highest BCUT2D eigenvalue weighted by Gasteiger charge is 2.35. The van der Waals surface area contributed by atoms with Crippen LogP contribution >= 0.6 is 30.8 Å². The zero-order valence-electron chi connectivity index (χ0n) is 16.3. The van der Waals surface area contributed by atoms with Gasteiger partial charge in [-0.3, -0.25) is 30.2 Å². The second kappa shape index (κ2) is 10.7. The van der Waals surface area contributed by atoms with Gasteiger partial charge in [0.1, 0.15) is 5.69 Å². The monoisotopic (exact) mass is 490 g/mol. The van der Waals surface area contributed by atoms with Crippen LogP contribution in [0, 0.1) is 20.2 Å². The van der Waals surface area contributed by atoms with Gasteiger partial charge in [0, 0.05) is 16.7 Å². The molecule has 0 saturated heterocycles. The van der Waals surface area contributed by atoms with E-state index in [1.807, 2.05) is 0 Å². The molecule has 11 nitrogen and oxygen atoms in total. The summed E-state index contributed by atoms with van der Waals surface area (Å²) >= 11 is 12.2. The highest BCUT2D eigenvalue weighted by atomic mass is 35.5. The standard InChI is InChI=1S/C17H17Cl2N4O7P/c1-3-29-31(28,30-4-2)17(13-7-5-11(18)9-14(13)19)21-20-15-8-6-12(22(24)25)10-16(15)23(26)27/h5-10,20H,3-4H2,1-2H3/b21-17-. The molecule has 166 valence electrons. The maximum absolute atomic E-state index is 13.4. The van der Waals surface area contributed by atoms with Gasteiger partial charge >= 0.3 is 13.3 Å². The second-order valence-corrected chi connectivity index (χ2v) is 8.50. The van der Waals surface area contributed by atoms with Crippen LogP contribution in [0.2, 0.25) is 10.0 Å². The molecular formula is C17H17Cl2N4O7P. The maximum atomic E-state index is 13.4. The molecule has 2 rings (SSSR count). The minimum absolute atomic E-state index is 0.0131. The van der Waals surface area contributed by atoms with Crippen LogP contribution in [0.4, 0.5) is 17.1 Å². The van der Waals surface area contributed by atoms with Gasteiger partial charge in [-0.1, -0.05) is 23.2 Å². The van der Waals surface area contributed by atoms with E-state index in [1.54, 1.807) is 13.8 Å². The van der Waals surface area contributed by atoms with Crippen LogP contribution in [0.3, 0.4) is 0 Å². The number of non-ortho nitro benzene ring substituents is 1. The Morgan fingerprint density at radius 1 is 1.06 bits per heavy atom. The number of benzene rings is 2. The average molecular weight is 491 g/mol. The minimum Gasteiger partial charge on any atom is -0.304 e. The summed E-state index contributed by atoms with van der Waals surface area (Å²) in [6, 6.07) is 7.26. The number of nitrogens with one attached hydrogen (secondary N) is 1. The van der Waals surface area contributed by atoms with Crippen LogP contribution in [-0.4, -0.2) is 28.5 Å². The van der Waals surface area contributed by atoms with E-state index >= 15 is 0 Å². The molecular weight excluding hydrogens is 474 g/mol. The van der Waals surface area contributed by atoms with Crippen molar-refractivity contribution in [2.75, 3.05) is 18.6 Å². The lowest BCUT2D eigenvalue weighted by molar-refractivity contribution is -0.393. The molecule has 0 unspecified atom stereocenters. The molecule has 0 aromatic heterocycles. The average Bonchev–Trinajstić information content (AvgIpc) is 2.69. The number of hydrazone groups is 1. The van der Waals surface area contributed by atoms with Crippen molar-refractivity contribution in [3.8, 4) is 0 Å². The summed E-state index contributed by atoms with van der Waals surface area (Å²) in [5.41, 5.74) is 1.07. The van der Waals surface area contributed by atoms with Crippen LogP contribution in [0.5, 0.6) is 0 Å². The molecule has 0 bridgehead atoms. The van der Waals surface area contributed by atoms with Gasteiger partial charge < -0.3 is 9.05 Å². The van der Waals surface area contributed by atoms with Crippen molar-refractivity contribution in [2.24, 2.45) is 5.10 Å².